The van der Waals surface area contributed by atoms with Gasteiger partial charge in [-0.2, -0.15) is 0 Å². The number of carbonyl (C=O) groups excluding carboxylic acids is 2. The van der Waals surface area contributed by atoms with E-state index < -0.39 is 7.12 Å². The molecule has 1 aliphatic carbocycles. The largest absolute Gasteiger partial charge is 0.488 e. The highest BCUT2D eigenvalue weighted by Crippen LogP contribution is 2.25. The minimum Gasteiger partial charge on any atom is -0.423 e. The molecular formula is C23H29BN4O4. The second kappa shape index (κ2) is 10.9. The summed E-state index contributed by atoms with van der Waals surface area (Å²) < 4.78 is 0. The number of nitrogen functional groups attached to an aromatic ring is 1. The molecule has 0 spiro atoms. The van der Waals surface area contributed by atoms with Crippen LogP contribution >= 0.6 is 0 Å². The van der Waals surface area contributed by atoms with Crippen LogP contribution in [0.2, 0.25) is 0 Å². The molecular weight excluding hydrogens is 407 g/mol. The average molecular weight is 436 g/mol. The van der Waals surface area contributed by atoms with Crippen molar-refractivity contribution in [1.29, 1.82) is 5.41 Å². The van der Waals surface area contributed by atoms with Gasteiger partial charge in [0.1, 0.15) is 12.4 Å². The van der Waals surface area contributed by atoms with Crippen LogP contribution in [0, 0.1) is 11.3 Å². The van der Waals surface area contributed by atoms with Crippen LogP contribution in [0.4, 0.5) is 5.69 Å². The van der Waals surface area contributed by atoms with Crippen molar-refractivity contribution in [2.75, 3.05) is 18.4 Å². The number of rotatable bonds is 8. The van der Waals surface area contributed by atoms with Gasteiger partial charge in [0, 0.05) is 23.4 Å². The number of hydrogen-bond acceptors (Lipinski definition) is 5. The highest BCUT2D eigenvalue weighted by molar-refractivity contribution is 6.58. The van der Waals surface area contributed by atoms with Gasteiger partial charge >= 0.3 is 7.12 Å². The number of nitrogens with zero attached hydrogens (tertiary/aromatic N) is 1. The number of nitrogens with one attached hydrogen (secondary N) is 2. The molecule has 0 bridgehead atoms. The molecule has 0 saturated heterocycles. The van der Waals surface area contributed by atoms with E-state index in [1.165, 1.54) is 23.5 Å². The molecule has 168 valence electrons. The van der Waals surface area contributed by atoms with Crippen LogP contribution in [0.15, 0.2) is 48.5 Å². The molecule has 0 aromatic heterocycles. The third-order valence-corrected chi connectivity index (χ3v) is 5.74. The van der Waals surface area contributed by atoms with Crippen LogP contribution in [0.5, 0.6) is 0 Å². The monoisotopic (exact) mass is 436 g/mol. The smallest absolute Gasteiger partial charge is 0.423 e. The van der Waals surface area contributed by atoms with Gasteiger partial charge in [-0.25, -0.2) is 0 Å². The number of anilines is 1. The molecule has 8 nitrogen and oxygen atoms in total. The van der Waals surface area contributed by atoms with E-state index in [-0.39, 0.29) is 29.7 Å². The predicted molar refractivity (Wildman–Crippen MR) is 125 cm³/mol. The van der Waals surface area contributed by atoms with E-state index in [1.54, 1.807) is 36.4 Å². The molecule has 2 aromatic rings. The normalized spacial score (nSPS) is 13.9. The first-order valence-electron chi connectivity index (χ1n) is 10.8. The van der Waals surface area contributed by atoms with Gasteiger partial charge in [0.25, 0.3) is 5.91 Å². The summed E-state index contributed by atoms with van der Waals surface area (Å²) in [4.78, 5) is 27.5. The van der Waals surface area contributed by atoms with Gasteiger partial charge in [0.2, 0.25) is 5.91 Å². The molecule has 0 atom stereocenters. The molecule has 1 saturated carbocycles. The molecule has 6 N–H and O–H groups in total. The third kappa shape index (κ3) is 6.42. The van der Waals surface area contributed by atoms with E-state index in [9.17, 15) is 19.6 Å². The van der Waals surface area contributed by atoms with Gasteiger partial charge in [0.05, 0.1) is 0 Å². The van der Waals surface area contributed by atoms with Crippen molar-refractivity contribution >= 4 is 35.9 Å². The number of benzene rings is 2. The van der Waals surface area contributed by atoms with Gasteiger partial charge < -0.3 is 26.0 Å². The lowest BCUT2D eigenvalue weighted by Gasteiger charge is -2.29. The maximum Gasteiger partial charge on any atom is 0.488 e. The molecule has 2 aromatic carbocycles. The van der Waals surface area contributed by atoms with Crippen molar-refractivity contribution in [3.05, 3.63) is 59.7 Å². The Balaban J connectivity index is 1.74. The zero-order valence-electron chi connectivity index (χ0n) is 18.0. The first kappa shape index (κ1) is 23.5. The van der Waals surface area contributed by atoms with Gasteiger partial charge in [0.15, 0.2) is 0 Å². The van der Waals surface area contributed by atoms with Gasteiger partial charge in [-0.3, -0.25) is 15.0 Å². The van der Waals surface area contributed by atoms with E-state index >= 15 is 0 Å². The number of nitrogens with two attached hydrogens (primary N) is 1. The summed E-state index contributed by atoms with van der Waals surface area (Å²) in [6.45, 7) is 0.358. The molecule has 0 heterocycles. The van der Waals surface area contributed by atoms with Crippen LogP contribution in [-0.4, -0.2) is 52.8 Å². The minimum absolute atomic E-state index is 0.0534. The highest BCUT2D eigenvalue weighted by Gasteiger charge is 2.25. The quantitative estimate of drug-likeness (QED) is 0.241. The van der Waals surface area contributed by atoms with Crippen LogP contribution in [0.25, 0.3) is 0 Å². The fraction of sp³-hybridized carbons (Fsp3) is 0.348. The van der Waals surface area contributed by atoms with Crippen LogP contribution in [-0.2, 0) is 4.79 Å². The summed E-state index contributed by atoms with van der Waals surface area (Å²) in [5, 5.41) is 29.1. The molecule has 3 rings (SSSR count). The number of hydrogen-bond donors (Lipinski definition) is 5. The maximum absolute atomic E-state index is 13.2. The number of carbonyl (C=O) groups is 2. The summed E-state index contributed by atoms with van der Waals surface area (Å²) in [6, 6.07) is 12.8. The SMILES string of the molecule is N=C(N)c1ccc(NC(=O)CN(CC2CCCCC2)C(=O)c2cccc(B(O)O)c2)cc1. The Morgan fingerprint density at radius 3 is 2.38 bits per heavy atom. The molecule has 1 aliphatic rings. The molecule has 0 radical (unpaired) electrons. The van der Waals surface area contributed by atoms with E-state index in [0.717, 1.165) is 25.7 Å². The average Bonchev–Trinajstić information content (AvgIpc) is 2.79. The summed E-state index contributed by atoms with van der Waals surface area (Å²) in [5.74, 6) is -0.368. The molecule has 2 amide bonds. The van der Waals surface area contributed by atoms with Crippen molar-refractivity contribution in [2.24, 2.45) is 11.7 Å². The lowest BCUT2D eigenvalue weighted by atomic mass is 9.79. The lowest BCUT2D eigenvalue weighted by molar-refractivity contribution is -0.117. The Morgan fingerprint density at radius 1 is 1.06 bits per heavy atom. The van der Waals surface area contributed by atoms with E-state index in [2.05, 4.69) is 5.32 Å². The Morgan fingerprint density at radius 2 is 1.75 bits per heavy atom. The number of amidine groups is 1. The van der Waals surface area contributed by atoms with E-state index in [4.69, 9.17) is 11.1 Å². The first-order chi connectivity index (χ1) is 15.3. The van der Waals surface area contributed by atoms with Crippen molar-refractivity contribution < 1.29 is 19.6 Å². The van der Waals surface area contributed by atoms with Crippen LogP contribution < -0.4 is 16.5 Å². The van der Waals surface area contributed by atoms with Gasteiger partial charge in [-0.15, -0.1) is 0 Å². The third-order valence-electron chi connectivity index (χ3n) is 5.74. The Kier molecular flexibility index (Phi) is 8.02. The lowest BCUT2D eigenvalue weighted by Crippen LogP contribution is -2.42. The molecule has 1 fully saturated rings. The fourth-order valence-electron chi connectivity index (χ4n) is 4.02. The summed E-state index contributed by atoms with van der Waals surface area (Å²) in [6.07, 6.45) is 5.47. The van der Waals surface area contributed by atoms with Crippen molar-refractivity contribution in [3.63, 3.8) is 0 Å². The highest BCUT2D eigenvalue weighted by atomic mass is 16.4. The van der Waals surface area contributed by atoms with E-state index in [0.29, 0.717) is 29.3 Å². The van der Waals surface area contributed by atoms with Gasteiger partial charge in [-0.1, -0.05) is 31.4 Å². The predicted octanol–water partition coefficient (Wildman–Crippen LogP) is 1.31. The second-order valence-corrected chi connectivity index (χ2v) is 8.23. The van der Waals surface area contributed by atoms with Crippen LogP contribution in [0.3, 0.4) is 0 Å². The van der Waals surface area contributed by atoms with Crippen molar-refractivity contribution in [3.8, 4) is 0 Å². The minimum atomic E-state index is -1.67. The fourth-order valence-corrected chi connectivity index (χ4v) is 4.02. The zero-order valence-corrected chi connectivity index (χ0v) is 18.0. The second-order valence-electron chi connectivity index (χ2n) is 8.23. The van der Waals surface area contributed by atoms with E-state index in [1.807, 2.05) is 0 Å². The summed E-state index contributed by atoms with van der Waals surface area (Å²) >= 11 is 0. The molecule has 0 aliphatic heterocycles. The van der Waals surface area contributed by atoms with Crippen molar-refractivity contribution in [2.45, 2.75) is 32.1 Å². The zero-order chi connectivity index (χ0) is 23.1. The molecule has 9 heteroatoms. The standard InChI is InChI=1S/C23H29BN4O4/c25-22(26)17-9-11-20(12-10-17)27-21(29)15-28(14-16-5-2-1-3-6-16)23(30)18-7-4-8-19(13-18)24(31)32/h4,7-13,16,31-32H,1-3,5-6,14-15H2,(H3,25,26)(H,27,29). The summed E-state index contributed by atoms with van der Waals surface area (Å²) in [5.41, 5.74) is 7.10. The van der Waals surface area contributed by atoms with Gasteiger partial charge in [-0.05, 0) is 60.6 Å². The van der Waals surface area contributed by atoms with Crippen molar-refractivity contribution in [1.82, 2.24) is 4.90 Å². The number of amides is 2. The molecule has 32 heavy (non-hydrogen) atoms. The Labute approximate surface area is 188 Å². The maximum atomic E-state index is 13.2. The Bertz CT molecular complexity index is 959. The molecule has 0 unspecified atom stereocenters. The van der Waals surface area contributed by atoms with Crippen LogP contribution in [0.1, 0.15) is 48.0 Å². The first-order valence-corrected chi connectivity index (χ1v) is 10.8. The topological polar surface area (TPSA) is 140 Å². The Hall–Kier alpha value is -3.17. The summed E-state index contributed by atoms with van der Waals surface area (Å²) in [7, 11) is -1.67.